The van der Waals surface area contributed by atoms with Crippen LogP contribution < -0.4 is 0 Å². The van der Waals surface area contributed by atoms with Crippen molar-refractivity contribution < 1.29 is 9.90 Å². The van der Waals surface area contributed by atoms with Gasteiger partial charge >= 0.3 is 5.97 Å². The molecule has 94 valence electrons. The van der Waals surface area contributed by atoms with E-state index in [0.29, 0.717) is 19.0 Å². The Bertz CT molecular complexity index is 472. The number of carbonyl (C=O) groups is 1. The fourth-order valence-corrected chi connectivity index (χ4v) is 2.20. The van der Waals surface area contributed by atoms with Crippen molar-refractivity contribution >= 4 is 5.97 Å². The number of hydrogen-bond acceptors (Lipinski definition) is 2. The van der Waals surface area contributed by atoms with E-state index in [1.165, 1.54) is 24.0 Å². The van der Waals surface area contributed by atoms with Crippen LogP contribution >= 0.6 is 0 Å². The number of nitrogens with zero attached hydrogens (tertiary/aromatic N) is 1. The minimum Gasteiger partial charge on any atom is -0.480 e. The predicted molar refractivity (Wildman–Crippen MR) is 70.2 cm³/mol. The molecule has 1 N–H and O–H groups in total. The molecular weight excluding hydrogens is 226 g/mol. The maximum absolute atomic E-state index is 10.8. The van der Waals surface area contributed by atoms with Gasteiger partial charge in [-0.15, -0.1) is 6.42 Å². The summed E-state index contributed by atoms with van der Waals surface area (Å²) in [7, 11) is 0. The first-order chi connectivity index (χ1) is 8.70. The maximum Gasteiger partial charge on any atom is 0.317 e. The van der Waals surface area contributed by atoms with Crippen molar-refractivity contribution in [3.05, 3.63) is 35.4 Å². The second kappa shape index (κ2) is 5.70. The van der Waals surface area contributed by atoms with Crippen LogP contribution in [0.25, 0.3) is 0 Å². The molecule has 0 saturated heterocycles. The summed E-state index contributed by atoms with van der Waals surface area (Å²) < 4.78 is 0. The Balaban J connectivity index is 2.10. The fraction of sp³-hybridized carbons (Fsp3) is 0.400. The molecule has 0 bridgehead atoms. The summed E-state index contributed by atoms with van der Waals surface area (Å²) in [4.78, 5) is 12.6. The van der Waals surface area contributed by atoms with E-state index in [1.807, 2.05) is 12.1 Å². The largest absolute Gasteiger partial charge is 0.480 e. The van der Waals surface area contributed by atoms with Crippen molar-refractivity contribution in [2.75, 3.05) is 13.1 Å². The van der Waals surface area contributed by atoms with Crippen molar-refractivity contribution in [2.45, 2.75) is 25.3 Å². The van der Waals surface area contributed by atoms with E-state index in [2.05, 4.69) is 18.1 Å². The molecule has 1 aromatic carbocycles. The van der Waals surface area contributed by atoms with Crippen molar-refractivity contribution in [1.29, 1.82) is 0 Å². The number of benzene rings is 1. The highest BCUT2D eigenvalue weighted by atomic mass is 16.4. The third-order valence-electron chi connectivity index (χ3n) is 3.14. The van der Waals surface area contributed by atoms with Crippen LogP contribution in [0.2, 0.25) is 0 Å². The minimum absolute atomic E-state index is 0.0107. The summed E-state index contributed by atoms with van der Waals surface area (Å²) in [6.45, 7) is 0.970. The highest BCUT2D eigenvalue weighted by Crippen LogP contribution is 2.41. The Morgan fingerprint density at radius 2 is 2.17 bits per heavy atom. The van der Waals surface area contributed by atoms with Crippen LogP contribution in [0.5, 0.6) is 0 Å². The average molecular weight is 243 g/mol. The molecule has 3 nitrogen and oxygen atoms in total. The molecule has 1 aliphatic carbocycles. The van der Waals surface area contributed by atoms with Crippen LogP contribution in [0, 0.1) is 12.3 Å². The van der Waals surface area contributed by atoms with Crippen molar-refractivity contribution in [3.8, 4) is 12.3 Å². The molecule has 1 saturated carbocycles. The van der Waals surface area contributed by atoms with E-state index in [9.17, 15) is 4.79 Å². The van der Waals surface area contributed by atoms with Crippen molar-refractivity contribution in [3.63, 3.8) is 0 Å². The standard InChI is InChI=1S/C15H17NO2/c1-2-9-16(11-15(17)18)10-13-5-3-4-6-14(13)12-7-8-12/h1,3-6,12H,7-11H2,(H,17,18). The summed E-state index contributed by atoms with van der Waals surface area (Å²) in [5, 5.41) is 8.87. The Kier molecular flexibility index (Phi) is 4.01. The molecule has 0 spiro atoms. The summed E-state index contributed by atoms with van der Waals surface area (Å²) in [5.41, 5.74) is 2.56. The molecule has 1 fully saturated rings. The molecule has 0 unspecified atom stereocenters. The Hall–Kier alpha value is -1.79. The molecule has 0 heterocycles. The zero-order chi connectivity index (χ0) is 13.0. The lowest BCUT2D eigenvalue weighted by Gasteiger charge is -2.19. The Morgan fingerprint density at radius 3 is 2.78 bits per heavy atom. The van der Waals surface area contributed by atoms with Gasteiger partial charge in [-0.05, 0) is 29.9 Å². The van der Waals surface area contributed by atoms with Gasteiger partial charge in [0.15, 0.2) is 0 Å². The number of terminal acetylenes is 1. The van der Waals surface area contributed by atoms with Crippen LogP contribution in [-0.2, 0) is 11.3 Å². The first kappa shape index (κ1) is 12.7. The molecule has 18 heavy (non-hydrogen) atoms. The van der Waals surface area contributed by atoms with Crippen LogP contribution in [-0.4, -0.2) is 29.1 Å². The first-order valence-electron chi connectivity index (χ1n) is 6.16. The first-order valence-corrected chi connectivity index (χ1v) is 6.16. The minimum atomic E-state index is -0.839. The number of rotatable bonds is 6. The van der Waals surface area contributed by atoms with Gasteiger partial charge in [0, 0.05) is 6.54 Å². The van der Waals surface area contributed by atoms with Gasteiger partial charge in [0.25, 0.3) is 0 Å². The molecule has 3 heteroatoms. The summed E-state index contributed by atoms with van der Waals surface area (Å²) in [6.07, 6.45) is 7.77. The van der Waals surface area contributed by atoms with Crippen LogP contribution in [0.1, 0.15) is 29.9 Å². The topological polar surface area (TPSA) is 40.5 Å². The van der Waals surface area contributed by atoms with E-state index in [1.54, 1.807) is 4.90 Å². The van der Waals surface area contributed by atoms with E-state index in [4.69, 9.17) is 11.5 Å². The highest BCUT2D eigenvalue weighted by Gasteiger charge is 2.26. The van der Waals surface area contributed by atoms with Gasteiger partial charge in [-0.1, -0.05) is 30.2 Å². The highest BCUT2D eigenvalue weighted by molar-refractivity contribution is 5.69. The molecule has 1 aliphatic rings. The quantitative estimate of drug-likeness (QED) is 0.778. The third kappa shape index (κ3) is 3.35. The summed E-state index contributed by atoms with van der Waals surface area (Å²) in [6, 6.07) is 8.25. The lowest BCUT2D eigenvalue weighted by molar-refractivity contribution is -0.138. The van der Waals surface area contributed by atoms with Gasteiger partial charge in [0.1, 0.15) is 0 Å². The monoisotopic (exact) mass is 243 g/mol. The van der Waals surface area contributed by atoms with Crippen LogP contribution in [0.4, 0.5) is 0 Å². The Labute approximate surface area is 107 Å². The zero-order valence-corrected chi connectivity index (χ0v) is 10.3. The second-order valence-electron chi connectivity index (χ2n) is 4.72. The fourth-order valence-electron chi connectivity index (χ4n) is 2.20. The van der Waals surface area contributed by atoms with Gasteiger partial charge in [0.05, 0.1) is 13.1 Å². The number of carboxylic acid groups (broad SMARTS) is 1. The van der Waals surface area contributed by atoms with E-state index in [0.717, 1.165) is 0 Å². The van der Waals surface area contributed by atoms with Gasteiger partial charge in [-0.3, -0.25) is 9.69 Å². The summed E-state index contributed by atoms with van der Waals surface area (Å²) in [5.74, 6) is 2.35. The van der Waals surface area contributed by atoms with Crippen LogP contribution in [0.3, 0.4) is 0 Å². The zero-order valence-electron chi connectivity index (χ0n) is 10.3. The van der Waals surface area contributed by atoms with E-state index in [-0.39, 0.29) is 6.54 Å². The molecule has 1 aromatic rings. The maximum atomic E-state index is 10.8. The molecular formula is C15H17NO2. The van der Waals surface area contributed by atoms with Gasteiger partial charge < -0.3 is 5.11 Å². The second-order valence-corrected chi connectivity index (χ2v) is 4.72. The van der Waals surface area contributed by atoms with E-state index >= 15 is 0 Å². The molecule has 0 aromatic heterocycles. The average Bonchev–Trinajstić information content (AvgIpc) is 3.13. The lowest BCUT2D eigenvalue weighted by Crippen LogP contribution is -2.30. The van der Waals surface area contributed by atoms with Crippen molar-refractivity contribution in [1.82, 2.24) is 4.90 Å². The molecule has 0 amide bonds. The van der Waals surface area contributed by atoms with Crippen molar-refractivity contribution in [2.24, 2.45) is 0 Å². The predicted octanol–water partition coefficient (Wildman–Crippen LogP) is 2.08. The number of aliphatic carboxylic acids is 1. The molecule has 0 radical (unpaired) electrons. The van der Waals surface area contributed by atoms with Gasteiger partial charge in [0.2, 0.25) is 0 Å². The SMILES string of the molecule is C#CCN(CC(=O)O)Cc1ccccc1C1CC1. The smallest absolute Gasteiger partial charge is 0.317 e. The number of carboxylic acids is 1. The number of hydrogen-bond donors (Lipinski definition) is 1. The van der Waals surface area contributed by atoms with Gasteiger partial charge in [-0.25, -0.2) is 0 Å². The van der Waals surface area contributed by atoms with E-state index < -0.39 is 5.97 Å². The van der Waals surface area contributed by atoms with Crippen LogP contribution in [0.15, 0.2) is 24.3 Å². The lowest BCUT2D eigenvalue weighted by atomic mass is 10.0. The third-order valence-corrected chi connectivity index (χ3v) is 3.14. The summed E-state index contributed by atoms with van der Waals surface area (Å²) >= 11 is 0. The van der Waals surface area contributed by atoms with Gasteiger partial charge in [-0.2, -0.15) is 0 Å². The molecule has 0 aliphatic heterocycles. The Morgan fingerprint density at radius 1 is 1.44 bits per heavy atom. The molecule has 2 rings (SSSR count). The normalized spacial score (nSPS) is 14.4. The molecule has 0 atom stereocenters.